The average molecular weight is 186 g/mol. The van der Waals surface area contributed by atoms with E-state index in [0.29, 0.717) is 6.54 Å². The molecule has 1 atom stereocenters. The lowest BCUT2D eigenvalue weighted by molar-refractivity contribution is -0.139. The molecule has 13 heavy (non-hydrogen) atoms. The first-order valence-corrected chi connectivity index (χ1v) is 4.19. The van der Waals surface area contributed by atoms with E-state index in [1.54, 1.807) is 23.9 Å². The third-order valence-electron chi connectivity index (χ3n) is 2.32. The smallest absolute Gasteiger partial charge is 0.317 e. The molecular formula is C8H14N2O3. The van der Waals surface area contributed by atoms with Crippen molar-refractivity contribution in [1.29, 1.82) is 0 Å². The van der Waals surface area contributed by atoms with E-state index in [2.05, 4.69) is 0 Å². The van der Waals surface area contributed by atoms with Crippen LogP contribution in [0.1, 0.15) is 6.42 Å². The molecule has 0 aromatic rings. The number of amides is 1. The minimum Gasteiger partial charge on any atom is -0.480 e. The number of nitrogens with zero attached hydrogens (tertiary/aromatic N) is 2. The fraction of sp³-hybridized carbons (Fsp3) is 0.750. The maximum absolute atomic E-state index is 11.4. The first-order valence-electron chi connectivity index (χ1n) is 4.19. The standard InChI is InChI=1S/C8H14N2O3/c1-9-4-3-6(8(9)13)10(2)5-7(11)12/h6H,3-5H2,1-2H3,(H,11,12). The van der Waals surface area contributed by atoms with Crippen LogP contribution in [0.4, 0.5) is 0 Å². The Labute approximate surface area is 76.9 Å². The van der Waals surface area contributed by atoms with Gasteiger partial charge in [-0.25, -0.2) is 0 Å². The summed E-state index contributed by atoms with van der Waals surface area (Å²) in [5.41, 5.74) is 0. The molecule has 1 unspecified atom stereocenters. The van der Waals surface area contributed by atoms with E-state index in [0.717, 1.165) is 6.42 Å². The van der Waals surface area contributed by atoms with Crippen LogP contribution in [0.3, 0.4) is 0 Å². The Morgan fingerprint density at radius 2 is 2.38 bits per heavy atom. The molecule has 5 heteroatoms. The van der Waals surface area contributed by atoms with Crippen molar-refractivity contribution in [2.24, 2.45) is 0 Å². The number of hydrogen-bond donors (Lipinski definition) is 1. The second-order valence-electron chi connectivity index (χ2n) is 3.37. The van der Waals surface area contributed by atoms with Gasteiger partial charge in [0.1, 0.15) is 0 Å². The normalized spacial score (nSPS) is 22.8. The van der Waals surface area contributed by atoms with Crippen LogP contribution in [0.5, 0.6) is 0 Å². The van der Waals surface area contributed by atoms with E-state index < -0.39 is 5.97 Å². The quantitative estimate of drug-likeness (QED) is 0.629. The van der Waals surface area contributed by atoms with Crippen molar-refractivity contribution in [2.75, 3.05) is 27.2 Å². The Bertz CT molecular complexity index is 229. The Kier molecular flexibility index (Phi) is 2.87. The third-order valence-corrected chi connectivity index (χ3v) is 2.32. The van der Waals surface area contributed by atoms with Gasteiger partial charge >= 0.3 is 5.97 Å². The molecule has 0 radical (unpaired) electrons. The van der Waals surface area contributed by atoms with Crippen LogP contribution >= 0.6 is 0 Å². The van der Waals surface area contributed by atoms with Crippen molar-refractivity contribution >= 4 is 11.9 Å². The molecule has 1 saturated heterocycles. The molecule has 1 amide bonds. The summed E-state index contributed by atoms with van der Waals surface area (Å²) in [6.45, 7) is 0.637. The average Bonchev–Trinajstić information content (AvgIpc) is 2.31. The number of aliphatic carboxylic acids is 1. The number of carboxylic acids is 1. The number of likely N-dealkylation sites (N-methyl/N-ethyl adjacent to an activating group) is 2. The summed E-state index contributed by atoms with van der Waals surface area (Å²) in [6, 6.07) is -0.249. The molecule has 1 fully saturated rings. The molecule has 5 nitrogen and oxygen atoms in total. The Hall–Kier alpha value is -1.10. The summed E-state index contributed by atoms with van der Waals surface area (Å²) in [4.78, 5) is 25.0. The zero-order valence-corrected chi connectivity index (χ0v) is 7.86. The summed E-state index contributed by atoms with van der Waals surface area (Å²) < 4.78 is 0. The van der Waals surface area contributed by atoms with Crippen molar-refractivity contribution < 1.29 is 14.7 Å². The van der Waals surface area contributed by atoms with E-state index >= 15 is 0 Å². The van der Waals surface area contributed by atoms with Gasteiger partial charge < -0.3 is 10.0 Å². The van der Waals surface area contributed by atoms with Crippen molar-refractivity contribution in [3.05, 3.63) is 0 Å². The topological polar surface area (TPSA) is 60.9 Å². The fourth-order valence-electron chi connectivity index (χ4n) is 1.54. The van der Waals surface area contributed by atoms with Gasteiger partial charge in [-0.15, -0.1) is 0 Å². The highest BCUT2D eigenvalue weighted by atomic mass is 16.4. The maximum Gasteiger partial charge on any atom is 0.317 e. The number of carboxylic acid groups (broad SMARTS) is 1. The van der Waals surface area contributed by atoms with Crippen molar-refractivity contribution in [1.82, 2.24) is 9.80 Å². The summed E-state index contributed by atoms with van der Waals surface area (Å²) in [6.07, 6.45) is 0.721. The molecule has 1 aliphatic rings. The van der Waals surface area contributed by atoms with Crippen LogP contribution in [-0.2, 0) is 9.59 Å². The largest absolute Gasteiger partial charge is 0.480 e. The minimum absolute atomic E-state index is 0.0174. The lowest BCUT2D eigenvalue weighted by Crippen LogP contribution is -2.41. The highest BCUT2D eigenvalue weighted by molar-refractivity contribution is 5.84. The number of rotatable bonds is 3. The van der Waals surface area contributed by atoms with Gasteiger partial charge in [-0.05, 0) is 13.5 Å². The number of hydrogen-bond acceptors (Lipinski definition) is 3. The Balaban J connectivity index is 2.53. The molecule has 0 aromatic heterocycles. The second-order valence-corrected chi connectivity index (χ2v) is 3.37. The number of likely N-dealkylation sites (tertiary alicyclic amines) is 1. The maximum atomic E-state index is 11.4. The molecule has 1 N–H and O–H groups in total. The third kappa shape index (κ3) is 2.18. The highest BCUT2D eigenvalue weighted by Crippen LogP contribution is 2.13. The number of carbonyl (C=O) groups is 2. The lowest BCUT2D eigenvalue weighted by Gasteiger charge is -2.20. The van der Waals surface area contributed by atoms with Gasteiger partial charge in [-0.1, -0.05) is 0 Å². The van der Waals surface area contributed by atoms with Crippen LogP contribution in [0.15, 0.2) is 0 Å². The van der Waals surface area contributed by atoms with E-state index in [1.807, 2.05) is 0 Å². The molecule has 0 aromatic carbocycles. The van der Waals surface area contributed by atoms with Crippen LogP contribution in [0.2, 0.25) is 0 Å². The van der Waals surface area contributed by atoms with Crippen LogP contribution in [-0.4, -0.2) is 60.0 Å². The van der Waals surface area contributed by atoms with E-state index in [9.17, 15) is 9.59 Å². The van der Waals surface area contributed by atoms with Gasteiger partial charge in [-0.2, -0.15) is 0 Å². The molecule has 1 heterocycles. The van der Waals surface area contributed by atoms with Gasteiger partial charge in [0.25, 0.3) is 0 Å². The van der Waals surface area contributed by atoms with Crippen molar-refractivity contribution in [3.8, 4) is 0 Å². The molecule has 1 aliphatic heterocycles. The molecule has 0 bridgehead atoms. The molecular weight excluding hydrogens is 172 g/mol. The summed E-state index contributed by atoms with van der Waals surface area (Å²) in [5, 5.41) is 8.53. The summed E-state index contributed by atoms with van der Waals surface area (Å²) in [7, 11) is 3.40. The molecule has 0 saturated carbocycles. The fourth-order valence-corrected chi connectivity index (χ4v) is 1.54. The molecule has 0 spiro atoms. The van der Waals surface area contributed by atoms with Crippen LogP contribution in [0, 0.1) is 0 Å². The SMILES string of the molecule is CN1CCC(N(C)CC(=O)O)C1=O. The zero-order chi connectivity index (χ0) is 10.0. The van der Waals surface area contributed by atoms with Crippen LogP contribution < -0.4 is 0 Å². The molecule has 1 rings (SSSR count). The first-order chi connectivity index (χ1) is 6.02. The van der Waals surface area contributed by atoms with Gasteiger partial charge in [0.15, 0.2) is 0 Å². The predicted octanol–water partition coefficient (Wildman–Crippen LogP) is -0.766. The monoisotopic (exact) mass is 186 g/mol. The predicted molar refractivity (Wildman–Crippen MR) is 46.3 cm³/mol. The lowest BCUT2D eigenvalue weighted by atomic mass is 10.2. The second kappa shape index (κ2) is 3.74. The summed E-state index contributed by atoms with van der Waals surface area (Å²) >= 11 is 0. The van der Waals surface area contributed by atoms with Crippen molar-refractivity contribution in [3.63, 3.8) is 0 Å². The van der Waals surface area contributed by atoms with Gasteiger partial charge in [0.2, 0.25) is 5.91 Å². The van der Waals surface area contributed by atoms with Gasteiger partial charge in [-0.3, -0.25) is 14.5 Å². The molecule has 74 valence electrons. The summed E-state index contributed by atoms with van der Waals surface area (Å²) in [5.74, 6) is -0.881. The highest BCUT2D eigenvalue weighted by Gasteiger charge is 2.32. The minimum atomic E-state index is -0.898. The number of carbonyl (C=O) groups excluding carboxylic acids is 1. The Morgan fingerprint density at radius 3 is 2.77 bits per heavy atom. The van der Waals surface area contributed by atoms with E-state index in [-0.39, 0.29) is 18.5 Å². The van der Waals surface area contributed by atoms with E-state index in [1.165, 1.54) is 0 Å². The Morgan fingerprint density at radius 1 is 1.77 bits per heavy atom. The van der Waals surface area contributed by atoms with Gasteiger partial charge in [0.05, 0.1) is 12.6 Å². The first kappa shape index (κ1) is 9.98. The molecule has 0 aliphatic carbocycles. The zero-order valence-electron chi connectivity index (χ0n) is 7.86. The van der Waals surface area contributed by atoms with E-state index in [4.69, 9.17) is 5.11 Å². The van der Waals surface area contributed by atoms with Gasteiger partial charge in [0, 0.05) is 13.6 Å². The van der Waals surface area contributed by atoms with Crippen molar-refractivity contribution in [2.45, 2.75) is 12.5 Å². The van der Waals surface area contributed by atoms with Crippen LogP contribution in [0.25, 0.3) is 0 Å².